The van der Waals surface area contributed by atoms with E-state index in [0.29, 0.717) is 6.61 Å². The first-order valence-electron chi connectivity index (χ1n) is 9.89. The standard InChI is InChI=1S/C25H26N2O3/c1-17-12-22(19(3)27(17)18(2)15-29-4)13-23(14-26)25(28)30-16-21-10-7-9-20-8-5-6-11-24(20)21/h5-13,18H,15-16H2,1-4H3/b23-13+/t18-/m1/s1. The Morgan fingerprint density at radius 1 is 1.20 bits per heavy atom. The third-order valence-electron chi connectivity index (χ3n) is 5.25. The van der Waals surface area contributed by atoms with E-state index in [1.165, 1.54) is 0 Å². The first-order valence-corrected chi connectivity index (χ1v) is 9.89. The second kappa shape index (κ2) is 9.43. The number of fused-ring (bicyclic) bond motifs is 1. The number of nitrogens with zero attached hydrogens (tertiary/aromatic N) is 2. The summed E-state index contributed by atoms with van der Waals surface area (Å²) in [4.78, 5) is 12.6. The molecule has 0 aliphatic rings. The number of hydrogen-bond donors (Lipinski definition) is 0. The van der Waals surface area contributed by atoms with Crippen molar-refractivity contribution in [2.75, 3.05) is 13.7 Å². The van der Waals surface area contributed by atoms with Gasteiger partial charge in [0.2, 0.25) is 0 Å². The van der Waals surface area contributed by atoms with Crippen molar-refractivity contribution in [2.24, 2.45) is 0 Å². The van der Waals surface area contributed by atoms with Gasteiger partial charge in [-0.2, -0.15) is 5.26 Å². The van der Waals surface area contributed by atoms with Gasteiger partial charge in [-0.1, -0.05) is 42.5 Å². The van der Waals surface area contributed by atoms with Crippen LogP contribution in [0.15, 0.2) is 54.1 Å². The summed E-state index contributed by atoms with van der Waals surface area (Å²) < 4.78 is 12.9. The predicted molar refractivity (Wildman–Crippen MR) is 118 cm³/mol. The molecule has 1 atom stereocenters. The lowest BCUT2D eigenvalue weighted by molar-refractivity contribution is -0.139. The number of rotatable bonds is 7. The molecular weight excluding hydrogens is 376 g/mol. The van der Waals surface area contributed by atoms with Crippen LogP contribution in [0.3, 0.4) is 0 Å². The molecule has 0 bridgehead atoms. The lowest BCUT2D eigenvalue weighted by atomic mass is 10.1. The van der Waals surface area contributed by atoms with E-state index in [1.807, 2.05) is 68.4 Å². The summed E-state index contributed by atoms with van der Waals surface area (Å²) in [6, 6.07) is 17.9. The number of aromatic nitrogens is 1. The summed E-state index contributed by atoms with van der Waals surface area (Å²) >= 11 is 0. The van der Waals surface area contributed by atoms with Gasteiger partial charge >= 0.3 is 5.97 Å². The second-order valence-corrected chi connectivity index (χ2v) is 7.39. The van der Waals surface area contributed by atoms with Gasteiger partial charge in [-0.15, -0.1) is 0 Å². The van der Waals surface area contributed by atoms with Gasteiger partial charge in [-0.25, -0.2) is 4.79 Å². The van der Waals surface area contributed by atoms with Gasteiger partial charge in [0, 0.05) is 18.5 Å². The van der Waals surface area contributed by atoms with E-state index in [-0.39, 0.29) is 18.2 Å². The number of carbonyl (C=O) groups is 1. The van der Waals surface area contributed by atoms with Crippen molar-refractivity contribution in [3.63, 3.8) is 0 Å². The minimum Gasteiger partial charge on any atom is -0.457 e. The zero-order chi connectivity index (χ0) is 21.7. The first-order chi connectivity index (χ1) is 14.5. The summed E-state index contributed by atoms with van der Waals surface area (Å²) in [5.74, 6) is -0.625. The quantitative estimate of drug-likeness (QED) is 0.313. The minimum absolute atomic E-state index is 0.0186. The molecule has 0 aliphatic heterocycles. The molecule has 0 unspecified atom stereocenters. The zero-order valence-electron chi connectivity index (χ0n) is 17.8. The highest BCUT2D eigenvalue weighted by Gasteiger charge is 2.17. The van der Waals surface area contributed by atoms with Crippen molar-refractivity contribution in [3.8, 4) is 6.07 Å². The molecule has 1 heterocycles. The number of esters is 1. The van der Waals surface area contributed by atoms with E-state index >= 15 is 0 Å². The number of methoxy groups -OCH3 is 1. The Kier molecular flexibility index (Phi) is 6.71. The fraction of sp³-hybridized carbons (Fsp3) is 0.280. The summed E-state index contributed by atoms with van der Waals surface area (Å²) in [5, 5.41) is 11.7. The number of hydrogen-bond acceptors (Lipinski definition) is 4. The number of carbonyl (C=O) groups excluding carboxylic acids is 1. The molecule has 5 nitrogen and oxygen atoms in total. The Labute approximate surface area is 177 Å². The third kappa shape index (κ3) is 4.45. The maximum absolute atomic E-state index is 12.6. The van der Waals surface area contributed by atoms with Gasteiger partial charge < -0.3 is 14.0 Å². The van der Waals surface area contributed by atoms with Crippen molar-refractivity contribution >= 4 is 22.8 Å². The zero-order valence-corrected chi connectivity index (χ0v) is 17.8. The summed E-state index contributed by atoms with van der Waals surface area (Å²) in [6.45, 7) is 6.74. The molecule has 30 heavy (non-hydrogen) atoms. The van der Waals surface area contributed by atoms with Crippen LogP contribution in [0.2, 0.25) is 0 Å². The Bertz CT molecular complexity index is 1130. The molecule has 0 amide bonds. The highest BCUT2D eigenvalue weighted by Crippen LogP contribution is 2.24. The fourth-order valence-corrected chi connectivity index (χ4v) is 3.87. The topological polar surface area (TPSA) is 64.2 Å². The molecule has 3 aromatic rings. The van der Waals surface area contributed by atoms with Gasteiger partial charge in [-0.3, -0.25) is 0 Å². The molecule has 0 saturated heterocycles. The Morgan fingerprint density at radius 2 is 1.93 bits per heavy atom. The van der Waals surface area contributed by atoms with E-state index in [2.05, 4.69) is 11.5 Å². The lowest BCUT2D eigenvalue weighted by Gasteiger charge is -2.17. The van der Waals surface area contributed by atoms with Crippen LogP contribution >= 0.6 is 0 Å². The largest absolute Gasteiger partial charge is 0.457 e. The maximum Gasteiger partial charge on any atom is 0.349 e. The predicted octanol–water partition coefficient (Wildman–Crippen LogP) is 5.12. The van der Waals surface area contributed by atoms with Gasteiger partial charge in [-0.05, 0) is 54.8 Å². The van der Waals surface area contributed by atoms with Crippen LogP contribution < -0.4 is 0 Å². The second-order valence-electron chi connectivity index (χ2n) is 7.39. The van der Waals surface area contributed by atoms with Crippen molar-refractivity contribution in [1.29, 1.82) is 5.26 Å². The minimum atomic E-state index is -0.625. The smallest absolute Gasteiger partial charge is 0.349 e. The Morgan fingerprint density at radius 3 is 2.67 bits per heavy atom. The third-order valence-corrected chi connectivity index (χ3v) is 5.25. The van der Waals surface area contributed by atoms with Crippen LogP contribution in [0.5, 0.6) is 0 Å². The van der Waals surface area contributed by atoms with Crippen LogP contribution in [-0.2, 0) is 20.9 Å². The van der Waals surface area contributed by atoms with E-state index in [9.17, 15) is 10.1 Å². The van der Waals surface area contributed by atoms with Gasteiger partial charge in [0.25, 0.3) is 0 Å². The summed E-state index contributed by atoms with van der Waals surface area (Å²) in [5.41, 5.74) is 3.74. The van der Waals surface area contributed by atoms with Crippen LogP contribution in [0.25, 0.3) is 16.8 Å². The molecule has 3 rings (SSSR count). The molecule has 1 aromatic heterocycles. The maximum atomic E-state index is 12.6. The van der Waals surface area contributed by atoms with Crippen LogP contribution in [-0.4, -0.2) is 24.3 Å². The van der Waals surface area contributed by atoms with Crippen molar-refractivity contribution in [2.45, 2.75) is 33.4 Å². The number of nitriles is 1. The molecule has 0 saturated carbocycles. The molecule has 5 heteroatoms. The lowest BCUT2D eigenvalue weighted by Crippen LogP contribution is -2.13. The Balaban J connectivity index is 1.81. The van der Waals surface area contributed by atoms with Crippen molar-refractivity contribution < 1.29 is 14.3 Å². The number of aryl methyl sites for hydroxylation is 1. The number of benzene rings is 2. The Hall–Kier alpha value is -3.36. The van der Waals surface area contributed by atoms with Crippen molar-refractivity contribution in [3.05, 3.63) is 76.6 Å². The normalized spacial score (nSPS) is 12.6. The van der Waals surface area contributed by atoms with E-state index in [1.54, 1.807) is 13.2 Å². The molecule has 0 radical (unpaired) electrons. The van der Waals surface area contributed by atoms with E-state index in [4.69, 9.17) is 9.47 Å². The van der Waals surface area contributed by atoms with Crippen LogP contribution in [0.4, 0.5) is 0 Å². The molecule has 0 spiro atoms. The summed E-state index contributed by atoms with van der Waals surface area (Å²) in [7, 11) is 1.67. The van der Waals surface area contributed by atoms with Crippen molar-refractivity contribution in [1.82, 2.24) is 4.57 Å². The molecule has 0 aliphatic carbocycles. The average Bonchev–Trinajstić information content (AvgIpc) is 3.03. The highest BCUT2D eigenvalue weighted by atomic mass is 16.5. The van der Waals surface area contributed by atoms with Gasteiger partial charge in [0.05, 0.1) is 12.6 Å². The molecular formula is C25H26N2O3. The van der Waals surface area contributed by atoms with E-state index in [0.717, 1.165) is 33.3 Å². The first kappa shape index (κ1) is 21.4. The van der Waals surface area contributed by atoms with E-state index < -0.39 is 5.97 Å². The number of ether oxygens (including phenoxy) is 2. The van der Waals surface area contributed by atoms with Crippen LogP contribution in [0, 0.1) is 25.2 Å². The highest BCUT2D eigenvalue weighted by molar-refractivity contribution is 5.98. The SMILES string of the molecule is COC[C@@H](C)n1c(C)cc(/C=C(\C#N)C(=O)OCc2cccc3ccccc23)c1C. The molecule has 154 valence electrons. The molecule has 0 fully saturated rings. The molecule has 2 aromatic carbocycles. The van der Waals surface area contributed by atoms with Gasteiger partial charge in [0.1, 0.15) is 18.2 Å². The molecule has 0 N–H and O–H groups in total. The fourth-order valence-electron chi connectivity index (χ4n) is 3.87. The summed E-state index contributed by atoms with van der Waals surface area (Å²) in [6.07, 6.45) is 1.60. The van der Waals surface area contributed by atoms with Crippen LogP contribution in [0.1, 0.15) is 35.5 Å². The van der Waals surface area contributed by atoms with Gasteiger partial charge in [0.15, 0.2) is 0 Å². The average molecular weight is 402 g/mol. The monoisotopic (exact) mass is 402 g/mol.